The minimum Gasteiger partial charge on any atom is -0.265 e. The van der Waals surface area contributed by atoms with Crippen LogP contribution in [0.2, 0.25) is 0 Å². The third-order valence-corrected chi connectivity index (χ3v) is 8.97. The molecule has 3 nitrogen and oxygen atoms in total. The van der Waals surface area contributed by atoms with Crippen molar-refractivity contribution < 1.29 is 0 Å². The Morgan fingerprint density at radius 2 is 0.953 bits per heavy atom. The molecular formula is C39H25N3S. The molecular weight excluding hydrogens is 543 g/mol. The van der Waals surface area contributed by atoms with Crippen molar-refractivity contribution in [1.29, 1.82) is 0 Å². The molecule has 0 saturated carbocycles. The zero-order chi connectivity index (χ0) is 28.6. The van der Waals surface area contributed by atoms with Gasteiger partial charge in [-0.2, -0.15) is 0 Å². The summed E-state index contributed by atoms with van der Waals surface area (Å²) in [4.78, 5) is 14.3. The fraction of sp³-hybridized carbons (Fsp3) is 0. The van der Waals surface area contributed by atoms with Crippen LogP contribution in [0.25, 0.3) is 76.3 Å². The molecule has 8 aromatic rings. The quantitative estimate of drug-likeness (QED) is 0.208. The van der Waals surface area contributed by atoms with Gasteiger partial charge in [0.15, 0.2) is 5.82 Å². The summed E-state index contributed by atoms with van der Waals surface area (Å²) in [7, 11) is 0. The molecule has 0 bridgehead atoms. The lowest BCUT2D eigenvalue weighted by atomic mass is 10.00. The number of fused-ring (bicyclic) bond motifs is 3. The van der Waals surface area contributed by atoms with Crippen LogP contribution in [0, 0.1) is 0 Å². The number of nitrogens with zero attached hydrogens (tertiary/aromatic N) is 3. The first-order chi connectivity index (χ1) is 21.3. The summed E-state index contributed by atoms with van der Waals surface area (Å²) < 4.78 is 2.64. The first-order valence-corrected chi connectivity index (χ1v) is 15.1. The summed E-state index contributed by atoms with van der Waals surface area (Å²) in [5, 5.41) is 2.63. The maximum absolute atomic E-state index is 5.08. The smallest absolute Gasteiger partial charge is 0.160 e. The van der Waals surface area contributed by atoms with Crippen molar-refractivity contribution in [2.45, 2.75) is 0 Å². The average Bonchev–Trinajstić information content (AvgIpc) is 3.47. The number of hydrogen-bond donors (Lipinski definition) is 0. The zero-order valence-corrected chi connectivity index (χ0v) is 24.0. The van der Waals surface area contributed by atoms with Gasteiger partial charge < -0.3 is 0 Å². The molecule has 0 aliphatic heterocycles. The number of thiophene rings is 1. The number of rotatable bonds is 5. The molecule has 0 aliphatic rings. The lowest BCUT2D eigenvalue weighted by Crippen LogP contribution is -1.96. The topological polar surface area (TPSA) is 38.7 Å². The van der Waals surface area contributed by atoms with Crippen LogP contribution >= 0.6 is 11.3 Å². The molecule has 4 heteroatoms. The van der Waals surface area contributed by atoms with E-state index in [1.807, 2.05) is 54.1 Å². The lowest BCUT2D eigenvalue weighted by molar-refractivity contribution is 1.18. The highest BCUT2D eigenvalue weighted by atomic mass is 32.1. The average molecular weight is 568 g/mol. The second kappa shape index (κ2) is 10.8. The van der Waals surface area contributed by atoms with Gasteiger partial charge in [0, 0.05) is 49.3 Å². The summed E-state index contributed by atoms with van der Waals surface area (Å²) in [6, 6.07) is 49.0. The van der Waals surface area contributed by atoms with E-state index in [4.69, 9.17) is 9.97 Å². The van der Waals surface area contributed by atoms with Gasteiger partial charge in [0.05, 0.1) is 11.4 Å². The molecule has 5 aromatic carbocycles. The van der Waals surface area contributed by atoms with Crippen LogP contribution in [-0.4, -0.2) is 15.0 Å². The maximum atomic E-state index is 5.08. The van der Waals surface area contributed by atoms with Gasteiger partial charge >= 0.3 is 0 Å². The molecule has 202 valence electrons. The molecule has 0 amide bonds. The summed E-state index contributed by atoms with van der Waals surface area (Å²) in [5.74, 6) is 0.700. The van der Waals surface area contributed by atoms with Crippen LogP contribution in [0.3, 0.4) is 0 Å². The standard InChI is InChI=1S/C39H25N3S/c1-2-7-28(8-3-1)35-25-36(42-39(41-35)32-10-6-9-30(23-32)27-19-21-40-22-20-27)29-15-13-26(14-16-29)31-17-18-38-34(24-31)33-11-4-5-12-37(33)43-38/h1-25H. The molecule has 0 N–H and O–H groups in total. The Balaban J connectivity index is 1.20. The first-order valence-electron chi connectivity index (χ1n) is 14.3. The summed E-state index contributed by atoms with van der Waals surface area (Å²) in [6.45, 7) is 0. The Morgan fingerprint density at radius 3 is 1.77 bits per heavy atom. The van der Waals surface area contributed by atoms with E-state index >= 15 is 0 Å². The van der Waals surface area contributed by atoms with Crippen LogP contribution in [0.1, 0.15) is 0 Å². The van der Waals surface area contributed by atoms with Crippen molar-refractivity contribution in [2.24, 2.45) is 0 Å². The molecule has 3 heterocycles. The van der Waals surface area contributed by atoms with Crippen molar-refractivity contribution in [1.82, 2.24) is 15.0 Å². The fourth-order valence-electron chi connectivity index (χ4n) is 5.60. The van der Waals surface area contributed by atoms with Crippen LogP contribution in [0.5, 0.6) is 0 Å². The van der Waals surface area contributed by atoms with Gasteiger partial charge in [-0.3, -0.25) is 4.98 Å². The molecule has 3 aromatic heterocycles. The number of aromatic nitrogens is 3. The van der Waals surface area contributed by atoms with Crippen molar-refractivity contribution in [3.8, 4) is 56.2 Å². The van der Waals surface area contributed by atoms with Gasteiger partial charge in [-0.1, -0.05) is 97.1 Å². The van der Waals surface area contributed by atoms with Gasteiger partial charge in [0.2, 0.25) is 0 Å². The van der Waals surface area contributed by atoms with Crippen LogP contribution < -0.4 is 0 Å². The monoisotopic (exact) mass is 567 g/mol. The largest absolute Gasteiger partial charge is 0.265 e. The van der Waals surface area contributed by atoms with Gasteiger partial charge in [0.1, 0.15) is 0 Å². The lowest BCUT2D eigenvalue weighted by Gasteiger charge is -2.11. The molecule has 0 radical (unpaired) electrons. The maximum Gasteiger partial charge on any atom is 0.160 e. The SMILES string of the molecule is c1ccc(-c2cc(-c3ccc(-c4ccc5sc6ccccc6c5c4)cc3)nc(-c3cccc(-c4ccncc4)c3)n2)cc1. The molecule has 0 unspecified atom stereocenters. The van der Waals surface area contributed by atoms with Crippen molar-refractivity contribution in [2.75, 3.05) is 0 Å². The summed E-state index contributed by atoms with van der Waals surface area (Å²) >= 11 is 1.85. The van der Waals surface area contributed by atoms with E-state index in [-0.39, 0.29) is 0 Å². The second-order valence-electron chi connectivity index (χ2n) is 10.5. The highest BCUT2D eigenvalue weighted by molar-refractivity contribution is 7.25. The van der Waals surface area contributed by atoms with Gasteiger partial charge in [0.25, 0.3) is 0 Å². The Labute approximate surface area is 253 Å². The first kappa shape index (κ1) is 25.3. The van der Waals surface area contributed by atoms with Crippen LogP contribution in [-0.2, 0) is 0 Å². The molecule has 0 aliphatic carbocycles. The third-order valence-electron chi connectivity index (χ3n) is 7.82. The number of pyridine rings is 1. The molecule has 0 fully saturated rings. The van der Waals surface area contributed by atoms with Crippen LogP contribution in [0.4, 0.5) is 0 Å². The Hall–Kier alpha value is -5.45. The van der Waals surface area contributed by atoms with E-state index in [1.54, 1.807) is 0 Å². The van der Waals surface area contributed by atoms with E-state index < -0.39 is 0 Å². The highest BCUT2D eigenvalue weighted by Gasteiger charge is 2.12. The van der Waals surface area contributed by atoms with Crippen LogP contribution in [0.15, 0.2) is 152 Å². The molecule has 0 atom stereocenters. The van der Waals surface area contributed by atoms with Crippen molar-refractivity contribution >= 4 is 31.5 Å². The van der Waals surface area contributed by atoms with E-state index in [0.29, 0.717) is 5.82 Å². The summed E-state index contributed by atoms with van der Waals surface area (Å²) in [5.41, 5.74) is 9.49. The van der Waals surface area contributed by atoms with Gasteiger partial charge in [-0.25, -0.2) is 9.97 Å². The third kappa shape index (κ3) is 4.88. The predicted octanol–water partition coefficient (Wildman–Crippen LogP) is 10.6. The van der Waals surface area contributed by atoms with Crippen molar-refractivity contribution in [3.63, 3.8) is 0 Å². The number of hydrogen-bond acceptors (Lipinski definition) is 4. The van der Waals surface area contributed by atoms with Crippen molar-refractivity contribution in [3.05, 3.63) is 152 Å². The fourth-order valence-corrected chi connectivity index (χ4v) is 6.69. The Morgan fingerprint density at radius 1 is 0.372 bits per heavy atom. The van der Waals surface area contributed by atoms with E-state index in [2.05, 4.69) is 114 Å². The predicted molar refractivity (Wildman–Crippen MR) is 180 cm³/mol. The van der Waals surface area contributed by atoms with E-state index in [9.17, 15) is 0 Å². The molecule has 0 saturated heterocycles. The van der Waals surface area contributed by atoms with Gasteiger partial charge in [-0.05, 0) is 64.7 Å². The normalized spacial score (nSPS) is 11.3. The number of benzene rings is 5. The Bertz CT molecular complexity index is 2220. The van der Waals surface area contributed by atoms with E-state index in [1.165, 1.54) is 31.3 Å². The highest BCUT2D eigenvalue weighted by Crippen LogP contribution is 2.37. The molecule has 43 heavy (non-hydrogen) atoms. The van der Waals surface area contributed by atoms with Gasteiger partial charge in [-0.15, -0.1) is 11.3 Å². The minimum atomic E-state index is 0.700. The molecule has 8 rings (SSSR count). The Kier molecular flexibility index (Phi) is 6.32. The zero-order valence-electron chi connectivity index (χ0n) is 23.2. The minimum absolute atomic E-state index is 0.700. The second-order valence-corrected chi connectivity index (χ2v) is 11.6. The van der Waals surface area contributed by atoms with E-state index in [0.717, 1.165) is 39.2 Å². The summed E-state index contributed by atoms with van der Waals surface area (Å²) in [6.07, 6.45) is 3.63. The molecule has 0 spiro atoms.